The van der Waals surface area contributed by atoms with Crippen LogP contribution in [0.3, 0.4) is 0 Å². The van der Waals surface area contributed by atoms with Gasteiger partial charge in [0, 0.05) is 35.4 Å². The van der Waals surface area contributed by atoms with E-state index in [4.69, 9.17) is 0 Å². The number of aromatic amines is 1. The molecule has 2 heterocycles. The SMILES string of the molecule is CCn1c(C)nnc1SCCNC(=O)Cc1c(C)[nH]c2ccc(F)cc12. The van der Waals surface area contributed by atoms with Crippen LogP contribution in [0.15, 0.2) is 23.4 Å². The Labute approximate surface area is 155 Å². The highest BCUT2D eigenvalue weighted by molar-refractivity contribution is 7.99. The highest BCUT2D eigenvalue weighted by Gasteiger charge is 2.13. The zero-order chi connectivity index (χ0) is 18.7. The second-order valence-corrected chi connectivity index (χ2v) is 7.13. The minimum absolute atomic E-state index is 0.0769. The van der Waals surface area contributed by atoms with Gasteiger partial charge < -0.3 is 14.9 Å². The van der Waals surface area contributed by atoms with E-state index in [1.165, 1.54) is 12.1 Å². The number of carbonyl (C=O) groups is 1. The van der Waals surface area contributed by atoms with Crippen molar-refractivity contribution < 1.29 is 9.18 Å². The lowest BCUT2D eigenvalue weighted by Crippen LogP contribution is -2.27. The van der Waals surface area contributed by atoms with Gasteiger partial charge in [0.2, 0.25) is 5.91 Å². The number of nitrogens with zero attached hydrogens (tertiary/aromatic N) is 3. The number of hydrogen-bond donors (Lipinski definition) is 2. The molecule has 0 aliphatic heterocycles. The summed E-state index contributed by atoms with van der Waals surface area (Å²) in [6.45, 7) is 7.23. The average molecular weight is 375 g/mol. The second kappa shape index (κ2) is 7.90. The second-order valence-electron chi connectivity index (χ2n) is 6.07. The maximum Gasteiger partial charge on any atom is 0.224 e. The van der Waals surface area contributed by atoms with Crippen molar-refractivity contribution in [1.82, 2.24) is 25.1 Å². The van der Waals surface area contributed by atoms with Crippen LogP contribution in [-0.4, -0.2) is 38.0 Å². The quantitative estimate of drug-likeness (QED) is 0.492. The molecule has 26 heavy (non-hydrogen) atoms. The number of aryl methyl sites for hydroxylation is 2. The zero-order valence-electron chi connectivity index (χ0n) is 15.1. The zero-order valence-corrected chi connectivity index (χ0v) is 15.9. The van der Waals surface area contributed by atoms with Gasteiger partial charge in [0.1, 0.15) is 11.6 Å². The molecule has 6 nitrogen and oxygen atoms in total. The highest BCUT2D eigenvalue weighted by atomic mass is 32.2. The minimum atomic E-state index is -0.301. The Bertz CT molecular complexity index is 933. The van der Waals surface area contributed by atoms with Crippen molar-refractivity contribution in [2.45, 2.75) is 38.9 Å². The Morgan fingerprint density at radius 1 is 1.35 bits per heavy atom. The molecule has 0 spiro atoms. The van der Waals surface area contributed by atoms with E-state index in [0.29, 0.717) is 12.3 Å². The Morgan fingerprint density at radius 3 is 2.92 bits per heavy atom. The molecule has 0 saturated carbocycles. The van der Waals surface area contributed by atoms with Gasteiger partial charge in [-0.3, -0.25) is 4.79 Å². The first kappa shape index (κ1) is 18.4. The number of halogens is 1. The first-order valence-corrected chi connectivity index (χ1v) is 9.54. The Morgan fingerprint density at radius 2 is 2.15 bits per heavy atom. The molecule has 8 heteroatoms. The fourth-order valence-electron chi connectivity index (χ4n) is 2.97. The molecule has 0 saturated heterocycles. The van der Waals surface area contributed by atoms with E-state index in [1.807, 2.05) is 18.4 Å². The van der Waals surface area contributed by atoms with Crippen LogP contribution in [-0.2, 0) is 17.8 Å². The maximum absolute atomic E-state index is 13.5. The van der Waals surface area contributed by atoms with Gasteiger partial charge in [0.15, 0.2) is 5.16 Å². The molecule has 0 fully saturated rings. The van der Waals surface area contributed by atoms with Gasteiger partial charge in [0.25, 0.3) is 0 Å². The van der Waals surface area contributed by atoms with Crippen LogP contribution in [0.5, 0.6) is 0 Å². The third kappa shape index (κ3) is 3.90. The number of carbonyl (C=O) groups excluding carboxylic acids is 1. The summed E-state index contributed by atoms with van der Waals surface area (Å²) >= 11 is 1.57. The highest BCUT2D eigenvalue weighted by Crippen LogP contribution is 2.23. The number of amides is 1. The Kier molecular flexibility index (Phi) is 5.61. The van der Waals surface area contributed by atoms with Gasteiger partial charge in [-0.25, -0.2) is 4.39 Å². The summed E-state index contributed by atoms with van der Waals surface area (Å²) in [6.07, 6.45) is 0.226. The topological polar surface area (TPSA) is 75.6 Å². The van der Waals surface area contributed by atoms with Crippen molar-refractivity contribution in [1.29, 1.82) is 0 Å². The van der Waals surface area contributed by atoms with Crippen molar-refractivity contribution in [2.75, 3.05) is 12.3 Å². The number of thioether (sulfide) groups is 1. The van der Waals surface area contributed by atoms with Gasteiger partial charge in [0.05, 0.1) is 6.42 Å². The van der Waals surface area contributed by atoms with Crippen LogP contribution in [0.2, 0.25) is 0 Å². The molecule has 0 radical (unpaired) electrons. The lowest BCUT2D eigenvalue weighted by molar-refractivity contribution is -0.120. The summed E-state index contributed by atoms with van der Waals surface area (Å²) in [6, 6.07) is 4.58. The predicted octanol–water partition coefficient (Wildman–Crippen LogP) is 2.99. The summed E-state index contributed by atoms with van der Waals surface area (Å²) in [5.74, 6) is 1.23. The molecule has 0 aliphatic rings. The number of fused-ring (bicyclic) bond motifs is 1. The fraction of sp³-hybridized carbons (Fsp3) is 0.389. The van der Waals surface area contributed by atoms with Crippen molar-refractivity contribution in [3.63, 3.8) is 0 Å². The van der Waals surface area contributed by atoms with Gasteiger partial charge >= 0.3 is 0 Å². The van der Waals surface area contributed by atoms with E-state index in [1.54, 1.807) is 17.8 Å². The van der Waals surface area contributed by atoms with Gasteiger partial charge in [-0.05, 0) is 44.5 Å². The molecule has 3 rings (SSSR count). The number of rotatable bonds is 7. The first-order chi connectivity index (χ1) is 12.5. The summed E-state index contributed by atoms with van der Waals surface area (Å²) in [4.78, 5) is 15.5. The van der Waals surface area contributed by atoms with Crippen molar-refractivity contribution in [2.24, 2.45) is 0 Å². The van der Waals surface area contributed by atoms with E-state index in [-0.39, 0.29) is 18.1 Å². The van der Waals surface area contributed by atoms with Gasteiger partial charge in [-0.1, -0.05) is 11.8 Å². The molecule has 3 aromatic rings. The lowest BCUT2D eigenvalue weighted by atomic mass is 10.1. The lowest BCUT2D eigenvalue weighted by Gasteiger charge is -2.07. The van der Waals surface area contributed by atoms with Crippen molar-refractivity contribution >= 4 is 28.6 Å². The van der Waals surface area contributed by atoms with Crippen molar-refractivity contribution in [3.8, 4) is 0 Å². The summed E-state index contributed by atoms with van der Waals surface area (Å²) in [7, 11) is 0. The number of hydrogen-bond acceptors (Lipinski definition) is 4. The number of benzene rings is 1. The van der Waals surface area contributed by atoms with E-state index in [9.17, 15) is 9.18 Å². The summed E-state index contributed by atoms with van der Waals surface area (Å²) in [5, 5.41) is 12.8. The summed E-state index contributed by atoms with van der Waals surface area (Å²) < 4.78 is 15.5. The monoisotopic (exact) mass is 375 g/mol. The molecule has 0 unspecified atom stereocenters. The summed E-state index contributed by atoms with van der Waals surface area (Å²) in [5.41, 5.74) is 2.57. The molecule has 138 valence electrons. The van der Waals surface area contributed by atoms with Crippen molar-refractivity contribution in [3.05, 3.63) is 41.1 Å². The maximum atomic E-state index is 13.5. The molecule has 0 atom stereocenters. The van der Waals surface area contributed by atoms with Gasteiger partial charge in [-0.15, -0.1) is 10.2 Å². The fourth-order valence-corrected chi connectivity index (χ4v) is 3.87. The smallest absolute Gasteiger partial charge is 0.224 e. The van der Waals surface area contributed by atoms with Crippen LogP contribution in [0.4, 0.5) is 4.39 Å². The van der Waals surface area contributed by atoms with E-state index >= 15 is 0 Å². The standard InChI is InChI=1S/C18H22FN5OS/c1-4-24-12(3)22-23-18(24)26-8-7-20-17(25)10-14-11(2)21-16-6-5-13(19)9-15(14)16/h5-6,9,21H,4,7-8,10H2,1-3H3,(H,20,25). The van der Waals surface area contributed by atoms with E-state index in [2.05, 4.69) is 27.4 Å². The number of H-pyrrole nitrogens is 1. The van der Waals surface area contributed by atoms with Crippen LogP contribution in [0, 0.1) is 19.7 Å². The van der Waals surface area contributed by atoms with E-state index in [0.717, 1.165) is 39.7 Å². The number of nitrogens with one attached hydrogen (secondary N) is 2. The Hall–Kier alpha value is -2.35. The van der Waals surface area contributed by atoms with E-state index < -0.39 is 0 Å². The Balaban J connectivity index is 1.55. The van der Waals surface area contributed by atoms with Crippen LogP contribution >= 0.6 is 11.8 Å². The molecule has 2 N–H and O–H groups in total. The predicted molar refractivity (Wildman–Crippen MR) is 101 cm³/mol. The number of aromatic nitrogens is 4. The largest absolute Gasteiger partial charge is 0.358 e. The van der Waals surface area contributed by atoms with Crippen LogP contribution < -0.4 is 5.32 Å². The molecule has 1 amide bonds. The first-order valence-electron chi connectivity index (χ1n) is 8.55. The van der Waals surface area contributed by atoms with Gasteiger partial charge in [-0.2, -0.15) is 0 Å². The minimum Gasteiger partial charge on any atom is -0.358 e. The molecule has 0 bridgehead atoms. The average Bonchev–Trinajstić information content (AvgIpc) is 3.11. The molecular weight excluding hydrogens is 353 g/mol. The third-order valence-electron chi connectivity index (χ3n) is 4.29. The van der Waals surface area contributed by atoms with Crippen LogP contribution in [0.1, 0.15) is 24.0 Å². The molecular formula is C18H22FN5OS. The molecule has 2 aromatic heterocycles. The van der Waals surface area contributed by atoms with Crippen LogP contribution in [0.25, 0.3) is 10.9 Å². The molecule has 0 aliphatic carbocycles. The normalized spacial score (nSPS) is 11.2. The molecule has 1 aromatic carbocycles. The third-order valence-corrected chi connectivity index (χ3v) is 5.26.